The van der Waals surface area contributed by atoms with Crippen molar-refractivity contribution < 1.29 is 4.79 Å². The van der Waals surface area contributed by atoms with Crippen LogP contribution in [0, 0.1) is 6.92 Å². The van der Waals surface area contributed by atoms with Crippen LogP contribution in [0.1, 0.15) is 36.8 Å². The Morgan fingerprint density at radius 1 is 0.958 bits per heavy atom. The molecule has 1 heterocycles. The zero-order valence-electron chi connectivity index (χ0n) is 15.4. The lowest BCUT2D eigenvalue weighted by atomic mass is 10.0. The first-order valence-electron chi connectivity index (χ1n) is 9.38. The minimum Gasteiger partial charge on any atom is -0.358 e. The summed E-state index contributed by atoms with van der Waals surface area (Å²) in [4.78, 5) is 16.2. The molecule has 2 rings (SSSR count). The number of hydrogen-bond acceptors (Lipinski definition) is 3. The van der Waals surface area contributed by atoms with E-state index in [1.165, 1.54) is 49.8 Å². The van der Waals surface area contributed by atoms with Crippen LogP contribution in [-0.2, 0) is 11.2 Å². The van der Waals surface area contributed by atoms with E-state index in [9.17, 15) is 4.79 Å². The number of nitrogens with zero attached hydrogens (tertiary/aromatic N) is 2. The van der Waals surface area contributed by atoms with Crippen molar-refractivity contribution in [2.24, 2.45) is 0 Å². The van der Waals surface area contributed by atoms with E-state index in [2.05, 4.69) is 46.3 Å². The van der Waals surface area contributed by atoms with Gasteiger partial charge in [0.05, 0.1) is 6.54 Å². The highest BCUT2D eigenvalue weighted by atomic mass is 16.1. The fourth-order valence-corrected chi connectivity index (χ4v) is 3.23. The number of likely N-dealkylation sites (N-methyl/N-ethyl adjacent to an activating group) is 1. The standard InChI is InChI=1S/C20H33N3O/c1-18-8-10-19(11-9-18)7-5-3-4-6-12-22-13-15-23(16-14-22)17-20(24)21-2/h8-11H,3-7,12-17H2,1-2H3,(H,21,24). The van der Waals surface area contributed by atoms with Crippen LogP contribution in [0.25, 0.3) is 0 Å². The van der Waals surface area contributed by atoms with Crippen LogP contribution in [0.4, 0.5) is 0 Å². The Morgan fingerprint density at radius 2 is 1.58 bits per heavy atom. The van der Waals surface area contributed by atoms with Gasteiger partial charge >= 0.3 is 0 Å². The Bertz CT molecular complexity index is 478. The average Bonchev–Trinajstić information content (AvgIpc) is 2.61. The largest absolute Gasteiger partial charge is 0.358 e. The van der Waals surface area contributed by atoms with Crippen molar-refractivity contribution in [3.05, 3.63) is 35.4 Å². The van der Waals surface area contributed by atoms with E-state index in [0.29, 0.717) is 6.54 Å². The monoisotopic (exact) mass is 331 g/mol. The third-order valence-corrected chi connectivity index (χ3v) is 4.92. The number of nitrogens with one attached hydrogen (secondary N) is 1. The van der Waals surface area contributed by atoms with Crippen LogP contribution < -0.4 is 5.32 Å². The molecule has 0 aromatic heterocycles. The molecule has 0 radical (unpaired) electrons. The van der Waals surface area contributed by atoms with Crippen LogP contribution in [-0.4, -0.2) is 62.0 Å². The first kappa shape index (κ1) is 18.9. The van der Waals surface area contributed by atoms with Crippen LogP contribution in [0.15, 0.2) is 24.3 Å². The van der Waals surface area contributed by atoms with Crippen molar-refractivity contribution in [1.29, 1.82) is 0 Å². The van der Waals surface area contributed by atoms with E-state index < -0.39 is 0 Å². The minimum atomic E-state index is 0.122. The third-order valence-electron chi connectivity index (χ3n) is 4.92. The van der Waals surface area contributed by atoms with Gasteiger partial charge in [0, 0.05) is 33.2 Å². The van der Waals surface area contributed by atoms with Crippen LogP contribution in [0.5, 0.6) is 0 Å². The smallest absolute Gasteiger partial charge is 0.233 e. The van der Waals surface area contributed by atoms with E-state index in [-0.39, 0.29) is 5.91 Å². The van der Waals surface area contributed by atoms with Gasteiger partial charge in [-0.25, -0.2) is 0 Å². The van der Waals surface area contributed by atoms with Gasteiger partial charge in [-0.05, 0) is 38.3 Å². The number of amides is 1. The SMILES string of the molecule is CNC(=O)CN1CCN(CCCCCCc2ccc(C)cc2)CC1. The Balaban J connectivity index is 1.48. The number of hydrogen-bond donors (Lipinski definition) is 1. The normalized spacial score (nSPS) is 16.2. The van der Waals surface area contributed by atoms with Gasteiger partial charge < -0.3 is 10.2 Å². The molecule has 1 amide bonds. The Labute approximate surface area is 147 Å². The Kier molecular flexibility index (Phi) is 8.26. The van der Waals surface area contributed by atoms with Gasteiger partial charge in [0.1, 0.15) is 0 Å². The molecule has 0 saturated carbocycles. The number of carbonyl (C=O) groups is 1. The molecule has 0 unspecified atom stereocenters. The van der Waals surface area contributed by atoms with Crippen molar-refractivity contribution in [2.75, 3.05) is 46.3 Å². The molecule has 0 bridgehead atoms. The average molecular weight is 332 g/mol. The molecule has 1 saturated heterocycles. The summed E-state index contributed by atoms with van der Waals surface area (Å²) in [6.07, 6.45) is 6.44. The lowest BCUT2D eigenvalue weighted by Gasteiger charge is -2.34. The van der Waals surface area contributed by atoms with Gasteiger partial charge in [-0.15, -0.1) is 0 Å². The molecule has 4 heteroatoms. The zero-order valence-corrected chi connectivity index (χ0v) is 15.4. The molecule has 1 N–H and O–H groups in total. The molecule has 0 spiro atoms. The highest BCUT2D eigenvalue weighted by Crippen LogP contribution is 2.10. The number of aryl methyl sites for hydroxylation is 2. The summed E-state index contributed by atoms with van der Waals surface area (Å²) in [5, 5.41) is 2.70. The summed E-state index contributed by atoms with van der Waals surface area (Å²) >= 11 is 0. The van der Waals surface area contributed by atoms with Crippen molar-refractivity contribution in [3.63, 3.8) is 0 Å². The van der Waals surface area contributed by atoms with Crippen LogP contribution in [0.3, 0.4) is 0 Å². The van der Waals surface area contributed by atoms with Crippen molar-refractivity contribution in [1.82, 2.24) is 15.1 Å². The van der Waals surface area contributed by atoms with Gasteiger partial charge in [0.25, 0.3) is 0 Å². The molecule has 1 fully saturated rings. The molecule has 4 nitrogen and oxygen atoms in total. The number of piperazine rings is 1. The minimum absolute atomic E-state index is 0.122. The summed E-state index contributed by atoms with van der Waals surface area (Å²) in [6, 6.07) is 8.93. The van der Waals surface area contributed by atoms with Crippen molar-refractivity contribution in [2.45, 2.75) is 39.0 Å². The summed E-state index contributed by atoms with van der Waals surface area (Å²) < 4.78 is 0. The lowest BCUT2D eigenvalue weighted by Crippen LogP contribution is -2.49. The number of carbonyl (C=O) groups excluding carboxylic acids is 1. The molecule has 1 aromatic rings. The number of benzene rings is 1. The van der Waals surface area contributed by atoms with E-state index in [4.69, 9.17) is 0 Å². The topological polar surface area (TPSA) is 35.6 Å². The van der Waals surface area contributed by atoms with Gasteiger partial charge in [-0.1, -0.05) is 42.7 Å². The van der Waals surface area contributed by atoms with Gasteiger partial charge in [-0.3, -0.25) is 9.69 Å². The van der Waals surface area contributed by atoms with E-state index in [1.54, 1.807) is 7.05 Å². The molecule has 0 aliphatic carbocycles. The number of rotatable bonds is 9. The molecular formula is C20H33N3O. The molecule has 1 aliphatic heterocycles. The Morgan fingerprint density at radius 3 is 2.25 bits per heavy atom. The molecule has 1 aliphatic rings. The van der Waals surface area contributed by atoms with Crippen LogP contribution >= 0.6 is 0 Å². The van der Waals surface area contributed by atoms with Gasteiger partial charge in [-0.2, -0.15) is 0 Å². The molecule has 134 valence electrons. The Hall–Kier alpha value is -1.39. The first-order valence-corrected chi connectivity index (χ1v) is 9.38. The quantitative estimate of drug-likeness (QED) is 0.706. The maximum absolute atomic E-state index is 11.4. The fourth-order valence-electron chi connectivity index (χ4n) is 3.23. The second kappa shape index (κ2) is 10.5. The second-order valence-corrected chi connectivity index (χ2v) is 6.94. The molecule has 1 aromatic carbocycles. The lowest BCUT2D eigenvalue weighted by molar-refractivity contribution is -0.122. The highest BCUT2D eigenvalue weighted by molar-refractivity contribution is 5.77. The maximum atomic E-state index is 11.4. The van der Waals surface area contributed by atoms with E-state index >= 15 is 0 Å². The fraction of sp³-hybridized carbons (Fsp3) is 0.650. The summed E-state index contributed by atoms with van der Waals surface area (Å²) in [6.45, 7) is 8.12. The summed E-state index contributed by atoms with van der Waals surface area (Å²) in [5.41, 5.74) is 2.81. The van der Waals surface area contributed by atoms with Gasteiger partial charge in [0.15, 0.2) is 0 Å². The third kappa shape index (κ3) is 7.02. The summed E-state index contributed by atoms with van der Waals surface area (Å²) in [5.74, 6) is 0.122. The predicted molar refractivity (Wildman–Crippen MR) is 100 cm³/mol. The van der Waals surface area contributed by atoms with E-state index in [1.807, 2.05) is 0 Å². The van der Waals surface area contributed by atoms with Crippen molar-refractivity contribution >= 4 is 5.91 Å². The molecule has 0 atom stereocenters. The second-order valence-electron chi connectivity index (χ2n) is 6.94. The highest BCUT2D eigenvalue weighted by Gasteiger charge is 2.17. The van der Waals surface area contributed by atoms with Crippen molar-refractivity contribution in [3.8, 4) is 0 Å². The zero-order chi connectivity index (χ0) is 17.2. The van der Waals surface area contributed by atoms with Gasteiger partial charge in [0.2, 0.25) is 5.91 Å². The predicted octanol–water partition coefficient (Wildman–Crippen LogP) is 2.46. The number of unbranched alkanes of at least 4 members (excludes halogenated alkanes) is 3. The maximum Gasteiger partial charge on any atom is 0.233 e. The molecule has 24 heavy (non-hydrogen) atoms. The summed E-state index contributed by atoms with van der Waals surface area (Å²) in [7, 11) is 1.71. The first-order chi connectivity index (χ1) is 11.7. The molecular weight excluding hydrogens is 298 g/mol. The van der Waals surface area contributed by atoms with E-state index in [0.717, 1.165) is 26.2 Å². The van der Waals surface area contributed by atoms with Crippen LogP contribution in [0.2, 0.25) is 0 Å².